The first kappa shape index (κ1) is 18.1. The minimum atomic E-state index is -0.388. The molecular formula is C17H26N6O. The molecule has 2 rings (SSSR count). The van der Waals surface area contributed by atoms with Gasteiger partial charge in [-0.15, -0.1) is 0 Å². The molecule has 0 spiro atoms. The van der Waals surface area contributed by atoms with Crippen LogP contribution in [0.2, 0.25) is 0 Å². The summed E-state index contributed by atoms with van der Waals surface area (Å²) in [7, 11) is 3.72. The van der Waals surface area contributed by atoms with E-state index in [1.54, 1.807) is 4.90 Å². The molecule has 0 fully saturated rings. The van der Waals surface area contributed by atoms with Crippen molar-refractivity contribution < 1.29 is 5.11 Å². The minimum absolute atomic E-state index is 0.208. The average Bonchev–Trinajstić information content (AvgIpc) is 2.55. The van der Waals surface area contributed by atoms with Crippen LogP contribution in [0.5, 0.6) is 0 Å². The fourth-order valence-electron chi connectivity index (χ4n) is 2.35. The van der Waals surface area contributed by atoms with E-state index in [0.717, 1.165) is 0 Å². The first-order valence-corrected chi connectivity index (χ1v) is 8.10. The highest BCUT2D eigenvalue weighted by atomic mass is 16.3. The highest BCUT2D eigenvalue weighted by molar-refractivity contribution is 5.32. The third-order valence-electron chi connectivity index (χ3n) is 3.64. The fourth-order valence-corrected chi connectivity index (χ4v) is 2.35. The molecule has 7 heteroatoms. The molecule has 0 bridgehead atoms. The molecule has 7 nitrogen and oxygen atoms in total. The zero-order valence-corrected chi connectivity index (χ0v) is 14.6. The van der Waals surface area contributed by atoms with Gasteiger partial charge in [0.2, 0.25) is 11.9 Å². The zero-order chi connectivity index (χ0) is 17.5. The zero-order valence-electron chi connectivity index (χ0n) is 14.6. The number of aliphatic hydroxyl groups is 1. The highest BCUT2D eigenvalue weighted by Crippen LogP contribution is 2.12. The number of rotatable bonds is 8. The maximum absolute atomic E-state index is 10.1. The molecule has 3 N–H and O–H groups in total. The van der Waals surface area contributed by atoms with Gasteiger partial charge in [0.25, 0.3) is 0 Å². The van der Waals surface area contributed by atoms with Gasteiger partial charge in [-0.2, -0.15) is 15.0 Å². The molecule has 1 atom stereocenters. The van der Waals surface area contributed by atoms with E-state index < -0.39 is 0 Å². The number of nitrogen functional groups attached to an aromatic ring is 1. The summed E-state index contributed by atoms with van der Waals surface area (Å²) >= 11 is 0. The third kappa shape index (κ3) is 5.43. The van der Waals surface area contributed by atoms with Gasteiger partial charge in [-0.1, -0.05) is 37.3 Å². The summed E-state index contributed by atoms with van der Waals surface area (Å²) in [5.41, 5.74) is 6.97. The molecule has 0 aliphatic heterocycles. The molecule has 1 unspecified atom stereocenters. The van der Waals surface area contributed by atoms with Crippen molar-refractivity contribution in [1.82, 2.24) is 19.9 Å². The summed E-state index contributed by atoms with van der Waals surface area (Å²) in [5.74, 6) is 1.35. The van der Waals surface area contributed by atoms with Crippen molar-refractivity contribution in [3.05, 3.63) is 41.7 Å². The number of aromatic nitrogens is 3. The van der Waals surface area contributed by atoms with Gasteiger partial charge in [0, 0.05) is 27.2 Å². The summed E-state index contributed by atoms with van der Waals surface area (Å²) in [6, 6.07) is 10.1. The van der Waals surface area contributed by atoms with Crippen LogP contribution in [0.4, 0.5) is 11.9 Å². The second-order valence-electron chi connectivity index (χ2n) is 6.02. The van der Waals surface area contributed by atoms with E-state index in [-0.39, 0.29) is 12.1 Å². The molecular weight excluding hydrogens is 304 g/mol. The van der Waals surface area contributed by atoms with Gasteiger partial charge in [0.1, 0.15) is 5.82 Å². The van der Waals surface area contributed by atoms with E-state index in [2.05, 4.69) is 32.0 Å². The van der Waals surface area contributed by atoms with E-state index >= 15 is 0 Å². The number of nitrogens with two attached hydrogens (primary N) is 1. The van der Waals surface area contributed by atoms with Crippen LogP contribution in [0.25, 0.3) is 0 Å². The van der Waals surface area contributed by atoms with Crippen LogP contribution in [0.3, 0.4) is 0 Å². The Morgan fingerprint density at radius 1 is 1.08 bits per heavy atom. The molecule has 1 heterocycles. The highest BCUT2D eigenvalue weighted by Gasteiger charge is 2.15. The molecule has 130 valence electrons. The lowest BCUT2D eigenvalue weighted by Gasteiger charge is -2.24. The van der Waals surface area contributed by atoms with Crippen molar-refractivity contribution in [2.45, 2.75) is 32.5 Å². The van der Waals surface area contributed by atoms with Crippen LogP contribution in [-0.2, 0) is 13.1 Å². The predicted molar refractivity (Wildman–Crippen MR) is 95.4 cm³/mol. The van der Waals surface area contributed by atoms with Crippen LogP contribution in [0.1, 0.15) is 24.7 Å². The number of anilines is 2. The molecule has 2 aromatic rings. The number of hydrogen-bond acceptors (Lipinski definition) is 7. The second-order valence-corrected chi connectivity index (χ2v) is 6.02. The smallest absolute Gasteiger partial charge is 0.229 e. The van der Waals surface area contributed by atoms with Gasteiger partial charge in [-0.05, 0) is 12.0 Å². The van der Waals surface area contributed by atoms with E-state index in [0.29, 0.717) is 37.8 Å². The lowest BCUT2D eigenvalue weighted by atomic mass is 10.2. The Labute approximate surface area is 143 Å². The fraction of sp³-hybridized carbons (Fsp3) is 0.471. The van der Waals surface area contributed by atoms with Crippen molar-refractivity contribution in [2.24, 2.45) is 0 Å². The van der Waals surface area contributed by atoms with E-state index in [1.165, 1.54) is 5.56 Å². The molecule has 1 aromatic heterocycles. The van der Waals surface area contributed by atoms with Crippen LogP contribution in [0, 0.1) is 0 Å². The van der Waals surface area contributed by atoms with Crippen LogP contribution in [-0.4, -0.2) is 51.7 Å². The average molecular weight is 330 g/mol. The van der Waals surface area contributed by atoms with Crippen LogP contribution >= 0.6 is 0 Å². The van der Waals surface area contributed by atoms with E-state index in [9.17, 15) is 5.11 Å². The summed E-state index contributed by atoms with van der Waals surface area (Å²) in [6.45, 7) is 3.73. The van der Waals surface area contributed by atoms with Crippen molar-refractivity contribution in [2.75, 3.05) is 31.3 Å². The Bertz CT molecular complexity index is 634. The van der Waals surface area contributed by atoms with Gasteiger partial charge in [-0.3, -0.25) is 4.90 Å². The number of benzene rings is 1. The normalized spacial score (nSPS) is 12.4. The number of nitrogens with zero attached hydrogens (tertiary/aromatic N) is 5. The Balaban J connectivity index is 2.18. The quantitative estimate of drug-likeness (QED) is 0.753. The molecule has 0 saturated heterocycles. The largest absolute Gasteiger partial charge is 0.392 e. The van der Waals surface area contributed by atoms with Gasteiger partial charge >= 0.3 is 0 Å². The summed E-state index contributed by atoms with van der Waals surface area (Å²) < 4.78 is 0. The van der Waals surface area contributed by atoms with E-state index in [4.69, 9.17) is 5.73 Å². The topological polar surface area (TPSA) is 91.4 Å². The first-order chi connectivity index (χ1) is 11.5. The van der Waals surface area contributed by atoms with Crippen molar-refractivity contribution in [1.29, 1.82) is 0 Å². The SMILES string of the molecule is CCC(O)CN(Cc1ccccc1)Cc1nc(N)nc(N(C)C)n1. The summed E-state index contributed by atoms with van der Waals surface area (Å²) in [5, 5.41) is 10.1. The molecule has 0 radical (unpaired) electrons. The number of aliphatic hydroxyl groups excluding tert-OH is 1. The van der Waals surface area contributed by atoms with Gasteiger partial charge in [0.15, 0.2) is 0 Å². The Morgan fingerprint density at radius 2 is 1.79 bits per heavy atom. The summed E-state index contributed by atoms with van der Waals surface area (Å²) in [6.07, 6.45) is 0.314. The minimum Gasteiger partial charge on any atom is -0.392 e. The molecule has 0 saturated carbocycles. The van der Waals surface area contributed by atoms with E-state index in [1.807, 2.05) is 39.2 Å². The monoisotopic (exact) mass is 330 g/mol. The van der Waals surface area contributed by atoms with Crippen LogP contribution < -0.4 is 10.6 Å². The Kier molecular flexibility index (Phi) is 6.45. The van der Waals surface area contributed by atoms with Crippen LogP contribution in [0.15, 0.2) is 30.3 Å². The lowest BCUT2D eigenvalue weighted by molar-refractivity contribution is 0.0999. The van der Waals surface area contributed by atoms with Gasteiger partial charge in [-0.25, -0.2) is 0 Å². The van der Waals surface area contributed by atoms with Crippen molar-refractivity contribution in [3.63, 3.8) is 0 Å². The molecule has 24 heavy (non-hydrogen) atoms. The predicted octanol–water partition coefficient (Wildman–Crippen LogP) is 1.29. The molecule has 0 aliphatic rings. The first-order valence-electron chi connectivity index (χ1n) is 8.10. The molecule has 1 aromatic carbocycles. The number of hydrogen-bond donors (Lipinski definition) is 2. The summed E-state index contributed by atoms with van der Waals surface area (Å²) in [4.78, 5) is 16.7. The second kappa shape index (κ2) is 8.56. The maximum atomic E-state index is 10.1. The Morgan fingerprint density at radius 3 is 2.42 bits per heavy atom. The Hall–Kier alpha value is -2.25. The van der Waals surface area contributed by atoms with Gasteiger partial charge < -0.3 is 15.7 Å². The maximum Gasteiger partial charge on any atom is 0.229 e. The standard InChI is InChI=1S/C17H26N6O/c1-4-14(24)11-23(10-13-8-6-5-7-9-13)12-15-19-16(18)21-17(20-15)22(2)3/h5-9,14,24H,4,10-12H2,1-3H3,(H2,18,19,20,21). The third-order valence-corrected chi connectivity index (χ3v) is 3.64. The molecule has 0 aliphatic carbocycles. The lowest BCUT2D eigenvalue weighted by Crippen LogP contribution is -2.32. The van der Waals surface area contributed by atoms with Crippen molar-refractivity contribution in [3.8, 4) is 0 Å². The molecule has 0 amide bonds. The van der Waals surface area contributed by atoms with Crippen molar-refractivity contribution >= 4 is 11.9 Å². The van der Waals surface area contributed by atoms with Gasteiger partial charge in [0.05, 0.1) is 12.6 Å².